The highest BCUT2D eigenvalue weighted by molar-refractivity contribution is 6.30. The summed E-state index contributed by atoms with van der Waals surface area (Å²) in [4.78, 5) is 21.0. The maximum absolute atomic E-state index is 12.2. The molecule has 1 amide bonds. The molecule has 7 nitrogen and oxygen atoms in total. The number of carbonyl (C=O) groups excluding carboxylic acids is 1. The van der Waals surface area contributed by atoms with Gasteiger partial charge in [-0.1, -0.05) is 54.9 Å². The number of benzene rings is 1. The van der Waals surface area contributed by atoms with Crippen molar-refractivity contribution >= 4 is 23.2 Å². The summed E-state index contributed by atoms with van der Waals surface area (Å²) >= 11 is 5.98. The van der Waals surface area contributed by atoms with Gasteiger partial charge < -0.3 is 14.2 Å². The third kappa shape index (κ3) is 4.68. The fourth-order valence-electron chi connectivity index (χ4n) is 3.09. The number of hydrogen-bond acceptors (Lipinski definition) is 5. The molecule has 0 atom stereocenters. The summed E-state index contributed by atoms with van der Waals surface area (Å²) in [5.41, 5.74) is 3.69. The SMILES string of the molecule is CC(C)c1ccc(-c2noc(CCC(=O)NCc3cn4cc(Cl)ccc4n3)n2)cc1. The van der Waals surface area contributed by atoms with Gasteiger partial charge in [-0.05, 0) is 23.6 Å². The van der Waals surface area contributed by atoms with Crippen molar-refractivity contribution in [3.8, 4) is 11.4 Å². The molecule has 1 aromatic carbocycles. The summed E-state index contributed by atoms with van der Waals surface area (Å²) in [6, 6.07) is 11.7. The lowest BCUT2D eigenvalue weighted by atomic mass is 10.0. The van der Waals surface area contributed by atoms with E-state index in [1.165, 1.54) is 5.56 Å². The zero-order valence-corrected chi connectivity index (χ0v) is 17.6. The van der Waals surface area contributed by atoms with Gasteiger partial charge in [0.1, 0.15) is 5.65 Å². The van der Waals surface area contributed by atoms with Gasteiger partial charge in [-0.2, -0.15) is 4.98 Å². The minimum absolute atomic E-state index is 0.105. The van der Waals surface area contributed by atoms with E-state index in [9.17, 15) is 4.79 Å². The van der Waals surface area contributed by atoms with Crippen LogP contribution in [0.5, 0.6) is 0 Å². The number of fused-ring (bicyclic) bond motifs is 1. The standard InChI is InChI=1S/C22H22ClN5O2/c1-14(2)15-3-5-16(6-4-15)22-26-21(30-27-22)10-9-20(29)24-11-18-13-28-12-17(23)7-8-19(28)25-18/h3-8,12-14H,9-11H2,1-2H3,(H,24,29). The van der Waals surface area contributed by atoms with Crippen molar-refractivity contribution in [2.45, 2.75) is 39.2 Å². The van der Waals surface area contributed by atoms with E-state index >= 15 is 0 Å². The van der Waals surface area contributed by atoms with Crippen molar-refractivity contribution < 1.29 is 9.32 Å². The molecule has 1 N–H and O–H groups in total. The Bertz CT molecular complexity index is 1160. The van der Waals surface area contributed by atoms with Crippen molar-refractivity contribution in [1.29, 1.82) is 0 Å². The second-order valence-electron chi connectivity index (χ2n) is 7.41. The lowest BCUT2D eigenvalue weighted by Crippen LogP contribution is -2.23. The lowest BCUT2D eigenvalue weighted by molar-refractivity contribution is -0.121. The number of amides is 1. The van der Waals surface area contributed by atoms with Crippen molar-refractivity contribution in [1.82, 2.24) is 24.8 Å². The number of hydrogen-bond donors (Lipinski definition) is 1. The molecule has 0 saturated carbocycles. The van der Waals surface area contributed by atoms with Crippen LogP contribution in [0.15, 0.2) is 53.3 Å². The van der Waals surface area contributed by atoms with Gasteiger partial charge in [0.25, 0.3) is 0 Å². The molecule has 0 fully saturated rings. The van der Waals surface area contributed by atoms with E-state index in [0.717, 1.165) is 16.9 Å². The Hall–Kier alpha value is -3.19. The van der Waals surface area contributed by atoms with Crippen molar-refractivity contribution in [2.75, 3.05) is 0 Å². The molecule has 0 unspecified atom stereocenters. The molecule has 0 radical (unpaired) electrons. The molecular formula is C22H22ClN5O2. The molecular weight excluding hydrogens is 402 g/mol. The Balaban J connectivity index is 1.29. The van der Waals surface area contributed by atoms with Gasteiger partial charge in [0, 0.05) is 30.8 Å². The average Bonchev–Trinajstić information content (AvgIpc) is 3.37. The Morgan fingerprint density at radius 3 is 2.70 bits per heavy atom. The van der Waals surface area contributed by atoms with Crippen LogP contribution in [0, 0.1) is 0 Å². The Labute approximate surface area is 179 Å². The monoisotopic (exact) mass is 423 g/mol. The molecule has 3 aromatic heterocycles. The Morgan fingerprint density at radius 2 is 1.93 bits per heavy atom. The van der Waals surface area contributed by atoms with Crippen LogP contribution >= 0.6 is 11.6 Å². The molecule has 0 spiro atoms. The van der Waals surface area contributed by atoms with Crippen LogP contribution in [0.4, 0.5) is 0 Å². The predicted octanol–water partition coefficient (Wildman–Crippen LogP) is 4.41. The fraction of sp³-hybridized carbons (Fsp3) is 0.273. The fourth-order valence-corrected chi connectivity index (χ4v) is 3.26. The number of aryl methyl sites for hydroxylation is 1. The van der Waals surface area contributed by atoms with Crippen LogP contribution in [-0.4, -0.2) is 25.4 Å². The van der Waals surface area contributed by atoms with E-state index in [0.29, 0.717) is 35.6 Å². The minimum Gasteiger partial charge on any atom is -0.350 e. The number of imidazole rings is 1. The topological polar surface area (TPSA) is 85.3 Å². The van der Waals surface area contributed by atoms with Gasteiger partial charge in [0.2, 0.25) is 17.6 Å². The number of nitrogens with one attached hydrogen (secondary N) is 1. The quantitative estimate of drug-likeness (QED) is 0.476. The second kappa shape index (κ2) is 8.67. The van der Waals surface area contributed by atoms with E-state index in [1.807, 2.05) is 28.8 Å². The van der Waals surface area contributed by atoms with E-state index in [4.69, 9.17) is 16.1 Å². The molecule has 154 valence electrons. The molecule has 4 rings (SSSR count). The van der Waals surface area contributed by atoms with Gasteiger partial charge in [-0.15, -0.1) is 0 Å². The average molecular weight is 424 g/mol. The highest BCUT2D eigenvalue weighted by Crippen LogP contribution is 2.20. The zero-order chi connectivity index (χ0) is 21.1. The van der Waals surface area contributed by atoms with E-state index in [2.05, 4.69) is 46.4 Å². The van der Waals surface area contributed by atoms with Crippen LogP contribution < -0.4 is 5.32 Å². The molecule has 0 aliphatic heterocycles. The molecule has 0 bridgehead atoms. The van der Waals surface area contributed by atoms with Gasteiger partial charge >= 0.3 is 0 Å². The van der Waals surface area contributed by atoms with Crippen LogP contribution in [0.3, 0.4) is 0 Å². The first kappa shape index (κ1) is 20.1. The molecule has 8 heteroatoms. The Kier molecular flexibility index (Phi) is 5.81. The summed E-state index contributed by atoms with van der Waals surface area (Å²) in [6.45, 7) is 4.64. The van der Waals surface area contributed by atoms with E-state index in [1.54, 1.807) is 12.3 Å². The maximum Gasteiger partial charge on any atom is 0.227 e. The first-order valence-electron chi connectivity index (χ1n) is 9.80. The smallest absolute Gasteiger partial charge is 0.227 e. The number of carbonyl (C=O) groups is 1. The molecule has 0 aliphatic carbocycles. The molecule has 30 heavy (non-hydrogen) atoms. The van der Waals surface area contributed by atoms with E-state index < -0.39 is 0 Å². The number of aromatic nitrogens is 4. The Morgan fingerprint density at radius 1 is 1.13 bits per heavy atom. The van der Waals surface area contributed by atoms with Crippen molar-refractivity contribution in [3.63, 3.8) is 0 Å². The minimum atomic E-state index is -0.105. The van der Waals surface area contributed by atoms with Gasteiger partial charge in [-0.3, -0.25) is 4.79 Å². The zero-order valence-electron chi connectivity index (χ0n) is 16.8. The lowest BCUT2D eigenvalue weighted by Gasteiger charge is -2.04. The van der Waals surface area contributed by atoms with Crippen molar-refractivity contribution in [3.05, 3.63) is 71.0 Å². The third-order valence-corrected chi connectivity index (χ3v) is 5.02. The van der Waals surface area contributed by atoms with Gasteiger partial charge in [0.05, 0.1) is 17.3 Å². The normalized spacial score (nSPS) is 11.3. The molecule has 0 aliphatic rings. The van der Waals surface area contributed by atoms with Crippen LogP contribution in [0.1, 0.15) is 43.3 Å². The molecule has 0 saturated heterocycles. The van der Waals surface area contributed by atoms with Crippen molar-refractivity contribution in [2.24, 2.45) is 0 Å². The van der Waals surface area contributed by atoms with Gasteiger partial charge in [0.15, 0.2) is 0 Å². The first-order chi connectivity index (χ1) is 14.5. The number of rotatable bonds is 7. The highest BCUT2D eigenvalue weighted by atomic mass is 35.5. The maximum atomic E-state index is 12.2. The number of pyridine rings is 1. The summed E-state index contributed by atoms with van der Waals surface area (Å²) in [5, 5.41) is 7.51. The summed E-state index contributed by atoms with van der Waals surface area (Å²) in [5.74, 6) is 1.34. The summed E-state index contributed by atoms with van der Waals surface area (Å²) < 4.78 is 7.12. The first-order valence-corrected chi connectivity index (χ1v) is 10.2. The molecule has 3 heterocycles. The highest BCUT2D eigenvalue weighted by Gasteiger charge is 2.12. The number of halogens is 1. The van der Waals surface area contributed by atoms with Crippen LogP contribution in [0.2, 0.25) is 5.02 Å². The van der Waals surface area contributed by atoms with Crippen LogP contribution in [0.25, 0.3) is 17.0 Å². The van der Waals surface area contributed by atoms with E-state index in [-0.39, 0.29) is 12.3 Å². The van der Waals surface area contributed by atoms with Gasteiger partial charge in [-0.25, -0.2) is 4.98 Å². The summed E-state index contributed by atoms with van der Waals surface area (Å²) in [6.07, 6.45) is 4.26. The largest absolute Gasteiger partial charge is 0.350 e. The summed E-state index contributed by atoms with van der Waals surface area (Å²) in [7, 11) is 0. The van der Waals surface area contributed by atoms with Crippen LogP contribution in [-0.2, 0) is 17.8 Å². The molecule has 4 aromatic rings. The predicted molar refractivity (Wildman–Crippen MR) is 114 cm³/mol. The number of nitrogens with zero attached hydrogens (tertiary/aromatic N) is 4. The third-order valence-electron chi connectivity index (χ3n) is 4.80. The second-order valence-corrected chi connectivity index (χ2v) is 7.85.